The minimum absolute atomic E-state index is 0.197. The fourth-order valence-electron chi connectivity index (χ4n) is 1.61. The molecule has 0 saturated carbocycles. The molecule has 0 spiro atoms. The fourth-order valence-corrected chi connectivity index (χ4v) is 1.83. The van der Waals surface area contributed by atoms with Crippen LogP contribution in [0.3, 0.4) is 0 Å². The molecule has 0 unspecified atom stereocenters. The van der Waals surface area contributed by atoms with Crippen molar-refractivity contribution in [2.45, 2.75) is 20.3 Å². The molecule has 0 aliphatic rings. The third kappa shape index (κ3) is 6.99. The molecule has 0 heterocycles. The van der Waals surface area contributed by atoms with E-state index in [-0.39, 0.29) is 5.91 Å². The minimum atomic E-state index is -0.197. The molecule has 5 nitrogen and oxygen atoms in total. The number of amides is 1. The highest BCUT2D eigenvalue weighted by Crippen LogP contribution is 2.14. The zero-order valence-electron chi connectivity index (χ0n) is 12.5. The molecule has 1 aromatic rings. The standard InChI is InChI=1S/C15H23ClN4O/c1-11(2)7-8-19-15(17)20-10-9-18-14(21)12-5-3-4-6-13(12)16/h3-6,11H,7-10H2,1-2H3,(H,18,21)(H3,17,19,20). The van der Waals surface area contributed by atoms with Crippen molar-refractivity contribution in [2.24, 2.45) is 16.6 Å². The highest BCUT2D eigenvalue weighted by Gasteiger charge is 2.08. The van der Waals surface area contributed by atoms with Gasteiger partial charge in [-0.1, -0.05) is 37.6 Å². The second-order valence-electron chi connectivity index (χ2n) is 5.11. The number of nitrogens with zero attached hydrogens (tertiary/aromatic N) is 1. The molecule has 6 heteroatoms. The highest BCUT2D eigenvalue weighted by molar-refractivity contribution is 6.33. The van der Waals surface area contributed by atoms with Gasteiger partial charge in [0, 0.05) is 19.6 Å². The molecule has 4 N–H and O–H groups in total. The quantitative estimate of drug-likeness (QED) is 0.409. The van der Waals surface area contributed by atoms with Crippen LogP contribution in [-0.4, -0.2) is 31.5 Å². The summed E-state index contributed by atoms with van der Waals surface area (Å²) in [6.45, 7) is 5.97. The second-order valence-corrected chi connectivity index (χ2v) is 5.52. The predicted octanol–water partition coefficient (Wildman–Crippen LogP) is 2.02. The van der Waals surface area contributed by atoms with Crippen LogP contribution >= 0.6 is 11.6 Å². The van der Waals surface area contributed by atoms with E-state index in [1.165, 1.54) is 0 Å². The molecule has 0 radical (unpaired) electrons. The van der Waals surface area contributed by atoms with Crippen molar-refractivity contribution in [1.82, 2.24) is 10.6 Å². The highest BCUT2D eigenvalue weighted by atomic mass is 35.5. The Hall–Kier alpha value is -1.75. The van der Waals surface area contributed by atoms with Gasteiger partial charge < -0.3 is 16.4 Å². The number of rotatable bonds is 7. The van der Waals surface area contributed by atoms with Crippen molar-refractivity contribution in [2.75, 3.05) is 19.6 Å². The Morgan fingerprint density at radius 3 is 2.62 bits per heavy atom. The van der Waals surface area contributed by atoms with Crippen LogP contribution in [0, 0.1) is 5.92 Å². The van der Waals surface area contributed by atoms with Crippen LogP contribution in [0.1, 0.15) is 30.6 Å². The van der Waals surface area contributed by atoms with E-state index < -0.39 is 0 Å². The van der Waals surface area contributed by atoms with E-state index in [9.17, 15) is 4.79 Å². The molecule has 0 fully saturated rings. The summed E-state index contributed by atoms with van der Waals surface area (Å²) in [5.41, 5.74) is 6.19. The van der Waals surface area contributed by atoms with Crippen molar-refractivity contribution in [3.8, 4) is 0 Å². The number of guanidine groups is 1. The Morgan fingerprint density at radius 2 is 1.95 bits per heavy atom. The molecule has 116 valence electrons. The molecule has 0 saturated heterocycles. The van der Waals surface area contributed by atoms with Crippen LogP contribution < -0.4 is 16.4 Å². The molecular formula is C15H23ClN4O. The summed E-state index contributed by atoms with van der Waals surface area (Å²) in [6, 6.07) is 6.94. The smallest absolute Gasteiger partial charge is 0.252 e. The number of aliphatic imine (C=N–C) groups is 1. The zero-order valence-corrected chi connectivity index (χ0v) is 13.3. The molecule has 1 amide bonds. The minimum Gasteiger partial charge on any atom is -0.370 e. The Balaban J connectivity index is 2.25. The van der Waals surface area contributed by atoms with Gasteiger partial charge >= 0.3 is 0 Å². The first-order valence-electron chi connectivity index (χ1n) is 7.07. The molecular weight excluding hydrogens is 288 g/mol. The van der Waals surface area contributed by atoms with Crippen LogP contribution in [0.15, 0.2) is 29.3 Å². The lowest BCUT2D eigenvalue weighted by molar-refractivity contribution is 0.0954. The molecule has 0 aromatic heterocycles. The molecule has 0 aliphatic heterocycles. The van der Waals surface area contributed by atoms with Crippen LogP contribution in [-0.2, 0) is 0 Å². The number of hydrogen-bond donors (Lipinski definition) is 3. The second kappa shape index (κ2) is 9.23. The maximum absolute atomic E-state index is 11.9. The normalized spacial score (nSPS) is 11.5. The topological polar surface area (TPSA) is 79.5 Å². The third-order valence-electron chi connectivity index (χ3n) is 2.82. The summed E-state index contributed by atoms with van der Waals surface area (Å²) in [5.74, 6) is 0.816. The van der Waals surface area contributed by atoms with Gasteiger partial charge in [0.15, 0.2) is 5.96 Å². The first-order chi connectivity index (χ1) is 10.0. The van der Waals surface area contributed by atoms with E-state index >= 15 is 0 Å². The summed E-state index contributed by atoms with van der Waals surface area (Å²) in [7, 11) is 0. The maximum atomic E-state index is 11.9. The van der Waals surface area contributed by atoms with Crippen molar-refractivity contribution in [1.29, 1.82) is 0 Å². The molecule has 0 atom stereocenters. The van der Waals surface area contributed by atoms with E-state index in [1.807, 2.05) is 0 Å². The number of carbonyl (C=O) groups excluding carboxylic acids is 1. The third-order valence-corrected chi connectivity index (χ3v) is 3.15. The Labute approximate surface area is 131 Å². The van der Waals surface area contributed by atoms with Crippen molar-refractivity contribution in [3.63, 3.8) is 0 Å². The van der Waals surface area contributed by atoms with Crippen molar-refractivity contribution in [3.05, 3.63) is 34.9 Å². The first-order valence-corrected chi connectivity index (χ1v) is 7.45. The van der Waals surface area contributed by atoms with E-state index in [4.69, 9.17) is 17.3 Å². The number of hydrogen-bond acceptors (Lipinski definition) is 2. The largest absolute Gasteiger partial charge is 0.370 e. The van der Waals surface area contributed by atoms with Gasteiger partial charge in [-0.2, -0.15) is 0 Å². The Morgan fingerprint density at radius 1 is 1.29 bits per heavy atom. The van der Waals surface area contributed by atoms with E-state index in [0.717, 1.165) is 6.42 Å². The van der Waals surface area contributed by atoms with Crippen LogP contribution in [0.25, 0.3) is 0 Å². The zero-order chi connectivity index (χ0) is 15.7. The SMILES string of the molecule is CC(C)CCN=C(N)NCCNC(=O)c1ccccc1Cl. The van der Waals surface area contributed by atoms with E-state index in [0.29, 0.717) is 42.1 Å². The average molecular weight is 311 g/mol. The van der Waals surface area contributed by atoms with Crippen LogP contribution in [0.4, 0.5) is 0 Å². The van der Waals surface area contributed by atoms with Gasteiger partial charge in [-0.25, -0.2) is 0 Å². The van der Waals surface area contributed by atoms with Crippen LogP contribution in [0.2, 0.25) is 5.02 Å². The number of benzene rings is 1. The lowest BCUT2D eigenvalue weighted by Gasteiger charge is -2.08. The molecule has 21 heavy (non-hydrogen) atoms. The van der Waals surface area contributed by atoms with Crippen LogP contribution in [0.5, 0.6) is 0 Å². The molecule has 1 aromatic carbocycles. The Bertz CT molecular complexity index is 488. The van der Waals surface area contributed by atoms with Crippen molar-refractivity contribution >= 4 is 23.5 Å². The number of halogens is 1. The Kier molecular flexibility index (Phi) is 7.61. The van der Waals surface area contributed by atoms with Gasteiger partial charge in [-0.15, -0.1) is 0 Å². The summed E-state index contributed by atoms with van der Waals surface area (Å²) in [4.78, 5) is 16.1. The summed E-state index contributed by atoms with van der Waals surface area (Å²) >= 11 is 5.95. The van der Waals surface area contributed by atoms with E-state index in [1.54, 1.807) is 24.3 Å². The molecule has 0 aliphatic carbocycles. The summed E-state index contributed by atoms with van der Waals surface area (Å²) in [6.07, 6.45) is 1.01. The van der Waals surface area contributed by atoms with Gasteiger partial charge in [0.1, 0.15) is 0 Å². The monoisotopic (exact) mass is 310 g/mol. The number of nitrogens with one attached hydrogen (secondary N) is 2. The first kappa shape index (κ1) is 17.3. The number of nitrogens with two attached hydrogens (primary N) is 1. The van der Waals surface area contributed by atoms with Gasteiger partial charge in [-0.05, 0) is 24.5 Å². The van der Waals surface area contributed by atoms with Gasteiger partial charge in [0.05, 0.1) is 10.6 Å². The van der Waals surface area contributed by atoms with Gasteiger partial charge in [0.25, 0.3) is 5.91 Å². The maximum Gasteiger partial charge on any atom is 0.252 e. The van der Waals surface area contributed by atoms with Crippen molar-refractivity contribution < 1.29 is 4.79 Å². The fraction of sp³-hybridized carbons (Fsp3) is 0.467. The lowest BCUT2D eigenvalue weighted by Crippen LogP contribution is -2.38. The van der Waals surface area contributed by atoms with Gasteiger partial charge in [0.2, 0.25) is 0 Å². The molecule has 1 rings (SSSR count). The number of carbonyl (C=O) groups is 1. The van der Waals surface area contributed by atoms with E-state index in [2.05, 4.69) is 29.5 Å². The summed E-state index contributed by atoms with van der Waals surface area (Å²) < 4.78 is 0. The lowest BCUT2D eigenvalue weighted by atomic mass is 10.1. The summed E-state index contributed by atoms with van der Waals surface area (Å²) in [5, 5.41) is 6.17. The van der Waals surface area contributed by atoms with Gasteiger partial charge in [-0.3, -0.25) is 9.79 Å². The molecule has 0 bridgehead atoms. The average Bonchev–Trinajstić information content (AvgIpc) is 2.43. The predicted molar refractivity (Wildman–Crippen MR) is 87.7 cm³/mol.